The molecule has 3 heterocycles. The van der Waals surface area contributed by atoms with Crippen molar-refractivity contribution in [2.24, 2.45) is 7.05 Å². The summed E-state index contributed by atoms with van der Waals surface area (Å²) in [7, 11) is 1.94. The van der Waals surface area contributed by atoms with Gasteiger partial charge in [-0.2, -0.15) is 19.7 Å². The molecule has 0 unspecified atom stereocenters. The maximum absolute atomic E-state index is 4.42. The van der Waals surface area contributed by atoms with Crippen LogP contribution in [0.25, 0.3) is 5.78 Å². The summed E-state index contributed by atoms with van der Waals surface area (Å²) in [6, 6.07) is 2.01. The summed E-state index contributed by atoms with van der Waals surface area (Å²) < 4.78 is 3.58. The van der Waals surface area contributed by atoms with E-state index in [-0.39, 0.29) is 0 Å². The highest BCUT2D eigenvalue weighted by Gasteiger charge is 2.08. The standard InChI is InChI=1S/C13H17N7/c1-4-11-5-12(20-13(18-11)15-8-17-20)14-6-10-7-16-19(3)9(10)2/h5,7-8,14H,4,6H2,1-3H3. The van der Waals surface area contributed by atoms with Gasteiger partial charge in [0.2, 0.25) is 0 Å². The van der Waals surface area contributed by atoms with Crippen molar-refractivity contribution in [3.63, 3.8) is 0 Å². The van der Waals surface area contributed by atoms with Gasteiger partial charge in [-0.15, -0.1) is 0 Å². The largest absolute Gasteiger partial charge is 0.366 e. The minimum Gasteiger partial charge on any atom is -0.366 e. The van der Waals surface area contributed by atoms with E-state index in [1.165, 1.54) is 6.33 Å². The number of hydrogen-bond donors (Lipinski definition) is 1. The number of fused-ring (bicyclic) bond motifs is 1. The first kappa shape index (κ1) is 12.6. The van der Waals surface area contributed by atoms with Gasteiger partial charge >= 0.3 is 0 Å². The number of aryl methyl sites for hydroxylation is 2. The monoisotopic (exact) mass is 271 g/mol. The minimum absolute atomic E-state index is 0.620. The lowest BCUT2D eigenvalue weighted by atomic mass is 10.2. The Morgan fingerprint density at radius 2 is 2.15 bits per heavy atom. The van der Waals surface area contributed by atoms with Crippen molar-refractivity contribution in [1.82, 2.24) is 29.4 Å². The first-order valence-electron chi connectivity index (χ1n) is 6.60. The second-order valence-corrected chi connectivity index (χ2v) is 4.69. The molecular weight excluding hydrogens is 254 g/mol. The van der Waals surface area contributed by atoms with Crippen LogP contribution in [-0.2, 0) is 20.0 Å². The molecule has 0 saturated carbocycles. The maximum atomic E-state index is 4.42. The average molecular weight is 271 g/mol. The van der Waals surface area contributed by atoms with E-state index in [1.807, 2.05) is 24.0 Å². The molecular formula is C13H17N7. The highest BCUT2D eigenvalue weighted by Crippen LogP contribution is 2.14. The van der Waals surface area contributed by atoms with Crippen molar-refractivity contribution >= 4 is 11.6 Å². The maximum Gasteiger partial charge on any atom is 0.254 e. The molecule has 0 aliphatic heterocycles. The van der Waals surface area contributed by atoms with Gasteiger partial charge in [0.1, 0.15) is 12.1 Å². The lowest BCUT2D eigenvalue weighted by Crippen LogP contribution is -2.08. The molecule has 7 heteroatoms. The van der Waals surface area contributed by atoms with Crippen molar-refractivity contribution in [2.45, 2.75) is 26.8 Å². The second kappa shape index (κ2) is 4.92. The lowest BCUT2D eigenvalue weighted by molar-refractivity contribution is 0.738. The molecule has 3 aromatic heterocycles. The van der Waals surface area contributed by atoms with Gasteiger partial charge in [-0.3, -0.25) is 4.68 Å². The van der Waals surface area contributed by atoms with Crippen LogP contribution in [0.4, 0.5) is 5.82 Å². The number of hydrogen-bond acceptors (Lipinski definition) is 5. The molecule has 3 rings (SSSR count). The molecule has 104 valence electrons. The second-order valence-electron chi connectivity index (χ2n) is 4.69. The number of nitrogens with one attached hydrogen (secondary N) is 1. The zero-order chi connectivity index (χ0) is 14.1. The molecule has 7 nitrogen and oxygen atoms in total. The third kappa shape index (κ3) is 2.11. The SMILES string of the molecule is CCc1cc(NCc2cnn(C)c2C)n2ncnc2n1. The third-order valence-electron chi connectivity index (χ3n) is 3.46. The number of rotatable bonds is 4. The molecule has 0 amide bonds. The Labute approximate surface area is 116 Å². The van der Waals surface area contributed by atoms with Crippen molar-refractivity contribution in [2.75, 3.05) is 5.32 Å². The Morgan fingerprint density at radius 1 is 1.30 bits per heavy atom. The van der Waals surface area contributed by atoms with Gasteiger partial charge < -0.3 is 5.32 Å². The van der Waals surface area contributed by atoms with Gasteiger partial charge in [-0.1, -0.05) is 6.92 Å². The van der Waals surface area contributed by atoms with E-state index in [2.05, 4.69) is 39.3 Å². The van der Waals surface area contributed by atoms with Crippen LogP contribution in [0.2, 0.25) is 0 Å². The average Bonchev–Trinajstić information content (AvgIpc) is 3.05. The van der Waals surface area contributed by atoms with Crippen LogP contribution >= 0.6 is 0 Å². The predicted octanol–water partition coefficient (Wildman–Crippen LogP) is 1.34. The Bertz CT molecular complexity index is 740. The van der Waals surface area contributed by atoms with E-state index >= 15 is 0 Å². The predicted molar refractivity (Wildman–Crippen MR) is 75.4 cm³/mol. The van der Waals surface area contributed by atoms with E-state index in [9.17, 15) is 0 Å². The fourth-order valence-corrected chi connectivity index (χ4v) is 2.07. The Hall–Kier alpha value is -2.44. The van der Waals surface area contributed by atoms with Gasteiger partial charge in [0.15, 0.2) is 0 Å². The van der Waals surface area contributed by atoms with Crippen LogP contribution < -0.4 is 5.32 Å². The fraction of sp³-hybridized carbons (Fsp3) is 0.385. The van der Waals surface area contributed by atoms with Crippen molar-refractivity contribution in [1.29, 1.82) is 0 Å². The summed E-state index contributed by atoms with van der Waals surface area (Å²) in [6.45, 7) is 4.82. The molecule has 1 N–H and O–H groups in total. The molecule has 20 heavy (non-hydrogen) atoms. The van der Waals surface area contributed by atoms with Crippen LogP contribution in [-0.4, -0.2) is 29.4 Å². The van der Waals surface area contributed by atoms with Crippen LogP contribution in [0.1, 0.15) is 23.9 Å². The molecule has 0 saturated heterocycles. The minimum atomic E-state index is 0.620. The molecule has 0 radical (unpaired) electrons. The molecule has 0 fully saturated rings. The topological polar surface area (TPSA) is 72.9 Å². The lowest BCUT2D eigenvalue weighted by Gasteiger charge is -2.09. The van der Waals surface area contributed by atoms with Crippen LogP contribution in [0, 0.1) is 6.92 Å². The van der Waals surface area contributed by atoms with E-state index in [0.29, 0.717) is 12.3 Å². The van der Waals surface area contributed by atoms with Gasteiger partial charge in [-0.05, 0) is 13.3 Å². The number of anilines is 1. The van der Waals surface area contributed by atoms with E-state index in [1.54, 1.807) is 4.52 Å². The highest BCUT2D eigenvalue weighted by atomic mass is 15.4. The Kier molecular flexibility index (Phi) is 3.09. The molecule has 0 aliphatic rings. The molecule has 0 aliphatic carbocycles. The fourth-order valence-electron chi connectivity index (χ4n) is 2.07. The third-order valence-corrected chi connectivity index (χ3v) is 3.46. The van der Waals surface area contributed by atoms with E-state index in [0.717, 1.165) is 29.2 Å². The summed E-state index contributed by atoms with van der Waals surface area (Å²) in [5, 5.41) is 11.8. The first-order chi connectivity index (χ1) is 9.69. The highest BCUT2D eigenvalue weighted by molar-refractivity contribution is 5.45. The van der Waals surface area contributed by atoms with Gasteiger partial charge in [0.25, 0.3) is 5.78 Å². The molecule has 0 atom stereocenters. The summed E-state index contributed by atoms with van der Waals surface area (Å²) in [5.41, 5.74) is 3.31. The zero-order valence-electron chi connectivity index (χ0n) is 11.8. The quantitative estimate of drug-likeness (QED) is 0.775. The van der Waals surface area contributed by atoms with Crippen molar-refractivity contribution < 1.29 is 0 Å². The van der Waals surface area contributed by atoms with Gasteiger partial charge in [-0.25, -0.2) is 4.98 Å². The van der Waals surface area contributed by atoms with Crippen molar-refractivity contribution in [3.8, 4) is 0 Å². The van der Waals surface area contributed by atoms with E-state index < -0.39 is 0 Å². The summed E-state index contributed by atoms with van der Waals surface area (Å²) in [5.74, 6) is 1.52. The Balaban J connectivity index is 1.90. The van der Waals surface area contributed by atoms with Gasteiger partial charge in [0.05, 0.1) is 6.20 Å². The van der Waals surface area contributed by atoms with Crippen molar-refractivity contribution in [3.05, 3.63) is 35.5 Å². The number of aromatic nitrogens is 6. The normalized spacial score (nSPS) is 11.2. The molecule has 0 aromatic carbocycles. The number of nitrogens with zero attached hydrogens (tertiary/aromatic N) is 6. The summed E-state index contributed by atoms with van der Waals surface area (Å²) in [4.78, 5) is 8.57. The van der Waals surface area contributed by atoms with Gasteiger partial charge in [0, 0.05) is 36.6 Å². The summed E-state index contributed by atoms with van der Waals surface area (Å²) >= 11 is 0. The van der Waals surface area contributed by atoms with Crippen LogP contribution in [0.3, 0.4) is 0 Å². The smallest absolute Gasteiger partial charge is 0.254 e. The van der Waals surface area contributed by atoms with E-state index in [4.69, 9.17) is 0 Å². The molecule has 3 aromatic rings. The summed E-state index contributed by atoms with van der Waals surface area (Å²) in [6.07, 6.45) is 4.26. The van der Waals surface area contributed by atoms with Crippen LogP contribution in [0.5, 0.6) is 0 Å². The van der Waals surface area contributed by atoms with Crippen LogP contribution in [0.15, 0.2) is 18.6 Å². The Morgan fingerprint density at radius 3 is 2.85 bits per heavy atom. The zero-order valence-corrected chi connectivity index (χ0v) is 11.8. The molecule has 0 bridgehead atoms. The molecule has 0 spiro atoms. The first-order valence-corrected chi connectivity index (χ1v) is 6.60.